The van der Waals surface area contributed by atoms with E-state index in [1.54, 1.807) is 7.11 Å². The number of hydrogen-bond donors (Lipinski definition) is 1. The van der Waals surface area contributed by atoms with E-state index in [1.807, 2.05) is 38.1 Å². The Morgan fingerprint density at radius 2 is 1.73 bits per heavy atom. The van der Waals surface area contributed by atoms with E-state index < -0.39 is 31.0 Å². The molecule has 1 aliphatic heterocycles. The lowest BCUT2D eigenvalue weighted by Crippen LogP contribution is -2.60. The van der Waals surface area contributed by atoms with Crippen molar-refractivity contribution >= 4 is 14.1 Å². The first-order valence-corrected chi connectivity index (χ1v) is 17.9. The molecular formula is C33H50O6Si. The summed E-state index contributed by atoms with van der Waals surface area (Å²) in [5, 5.41) is 12.1. The van der Waals surface area contributed by atoms with Crippen LogP contribution in [0.4, 0.5) is 0 Å². The van der Waals surface area contributed by atoms with Gasteiger partial charge in [-0.1, -0.05) is 65.8 Å². The van der Waals surface area contributed by atoms with Gasteiger partial charge >= 0.3 is 0 Å². The lowest BCUT2D eigenvalue weighted by atomic mass is 9.58. The number of allylic oxidation sites excluding steroid dienone is 1. The number of carbonyl (C=O) groups excluding carboxylic acids is 1. The minimum absolute atomic E-state index is 0.0376. The SMILES string of the molecule is C=C1CC[C@H](O[Si](C)(C)C(C)(C)C)[C@]2(C)[C@@H]1CC(=O)C1(O)CCC([C@H]3OC(c4ccc(OC)cc4)O[C@@H]32)C1(C)C. The van der Waals surface area contributed by atoms with E-state index in [9.17, 15) is 9.90 Å². The molecule has 0 amide bonds. The van der Waals surface area contributed by atoms with Crippen molar-refractivity contribution in [1.29, 1.82) is 0 Å². The molecule has 2 bridgehead atoms. The van der Waals surface area contributed by atoms with Crippen molar-refractivity contribution in [3.05, 3.63) is 42.0 Å². The molecule has 1 aromatic rings. The fraction of sp³-hybridized carbons (Fsp3) is 0.727. The van der Waals surface area contributed by atoms with Crippen molar-refractivity contribution in [2.75, 3.05) is 7.11 Å². The van der Waals surface area contributed by atoms with Crippen LogP contribution in [0.15, 0.2) is 36.4 Å². The van der Waals surface area contributed by atoms with Crippen molar-refractivity contribution in [2.24, 2.45) is 22.7 Å². The number of fused-ring (bicyclic) bond motifs is 6. The maximum Gasteiger partial charge on any atom is 0.192 e. The molecule has 8 atom stereocenters. The number of Topliss-reactive ketones (excluding diaryl/α,β-unsaturated/α-hetero) is 1. The van der Waals surface area contributed by atoms with E-state index in [1.165, 1.54) is 0 Å². The van der Waals surface area contributed by atoms with E-state index in [4.69, 9.17) is 18.6 Å². The van der Waals surface area contributed by atoms with E-state index in [2.05, 4.69) is 47.4 Å². The molecule has 5 rings (SSSR count). The topological polar surface area (TPSA) is 74.2 Å². The predicted octanol–water partition coefficient (Wildman–Crippen LogP) is 6.98. The molecule has 1 aromatic carbocycles. The first-order valence-electron chi connectivity index (χ1n) is 15.0. The van der Waals surface area contributed by atoms with Gasteiger partial charge in [0.1, 0.15) is 11.4 Å². The largest absolute Gasteiger partial charge is 0.497 e. The minimum atomic E-state index is -2.17. The molecule has 222 valence electrons. The second kappa shape index (κ2) is 9.77. The zero-order chi connectivity index (χ0) is 29.5. The van der Waals surface area contributed by atoms with Gasteiger partial charge in [0.2, 0.25) is 0 Å². The molecule has 1 heterocycles. The van der Waals surface area contributed by atoms with E-state index in [0.29, 0.717) is 12.8 Å². The lowest BCUT2D eigenvalue weighted by Gasteiger charge is -2.55. The second-order valence-electron chi connectivity index (χ2n) is 15.1. The van der Waals surface area contributed by atoms with Crippen LogP contribution in [0.2, 0.25) is 18.1 Å². The van der Waals surface area contributed by atoms with Gasteiger partial charge in [-0.2, -0.15) is 0 Å². The van der Waals surface area contributed by atoms with Gasteiger partial charge in [-0.3, -0.25) is 4.79 Å². The summed E-state index contributed by atoms with van der Waals surface area (Å²) in [6.07, 6.45) is 1.76. The molecule has 7 heteroatoms. The average Bonchev–Trinajstić information content (AvgIpc) is 3.42. The fourth-order valence-electron chi connectivity index (χ4n) is 7.89. The van der Waals surface area contributed by atoms with Crippen LogP contribution in [0.25, 0.3) is 0 Å². The Balaban J connectivity index is 1.65. The van der Waals surface area contributed by atoms with Gasteiger partial charge in [0.25, 0.3) is 0 Å². The number of hydrogen-bond acceptors (Lipinski definition) is 6. The molecule has 0 radical (unpaired) electrons. The molecule has 40 heavy (non-hydrogen) atoms. The van der Waals surface area contributed by atoms with Crippen LogP contribution < -0.4 is 4.74 Å². The fourth-order valence-corrected chi connectivity index (χ4v) is 9.33. The van der Waals surface area contributed by atoms with Crippen LogP contribution in [0.1, 0.15) is 85.5 Å². The first-order chi connectivity index (χ1) is 18.5. The predicted molar refractivity (Wildman–Crippen MR) is 159 cm³/mol. The highest BCUT2D eigenvalue weighted by molar-refractivity contribution is 6.74. The number of methoxy groups -OCH3 is 1. The number of carbonyl (C=O) groups is 1. The maximum atomic E-state index is 14.1. The number of ketones is 1. The van der Waals surface area contributed by atoms with Crippen LogP contribution in [-0.2, 0) is 18.7 Å². The number of benzene rings is 1. The molecule has 3 unspecified atom stereocenters. The summed E-state index contributed by atoms with van der Waals surface area (Å²) in [7, 11) is -0.507. The van der Waals surface area contributed by atoms with E-state index >= 15 is 0 Å². The highest BCUT2D eigenvalue weighted by Gasteiger charge is 2.68. The van der Waals surface area contributed by atoms with Crippen molar-refractivity contribution in [1.82, 2.24) is 0 Å². The van der Waals surface area contributed by atoms with E-state index in [-0.39, 0.29) is 47.4 Å². The Morgan fingerprint density at radius 1 is 1.07 bits per heavy atom. The summed E-state index contributed by atoms with van der Waals surface area (Å²) in [5.74, 6) is 0.489. The third kappa shape index (κ3) is 4.37. The molecule has 0 spiro atoms. The van der Waals surface area contributed by atoms with Gasteiger partial charge < -0.3 is 23.7 Å². The minimum Gasteiger partial charge on any atom is -0.497 e. The zero-order valence-electron chi connectivity index (χ0n) is 26.0. The molecule has 3 saturated carbocycles. The first kappa shape index (κ1) is 30.0. The average molecular weight is 571 g/mol. The number of ether oxygens (including phenoxy) is 3. The molecule has 6 nitrogen and oxygen atoms in total. The van der Waals surface area contributed by atoms with Crippen LogP contribution in [0.5, 0.6) is 5.75 Å². The summed E-state index contributed by atoms with van der Waals surface area (Å²) in [4.78, 5) is 14.1. The van der Waals surface area contributed by atoms with Gasteiger partial charge in [-0.25, -0.2) is 0 Å². The van der Waals surface area contributed by atoms with Gasteiger partial charge in [0, 0.05) is 22.8 Å². The third-order valence-electron chi connectivity index (χ3n) is 11.8. The van der Waals surface area contributed by atoms with E-state index in [0.717, 1.165) is 29.7 Å². The number of rotatable bonds is 4. The number of aliphatic hydroxyl groups is 1. The zero-order valence-corrected chi connectivity index (χ0v) is 27.0. The Labute approximate surface area is 241 Å². The molecular weight excluding hydrogens is 520 g/mol. The van der Waals surface area contributed by atoms with Crippen LogP contribution in [0.3, 0.4) is 0 Å². The maximum absolute atomic E-state index is 14.1. The summed E-state index contributed by atoms with van der Waals surface area (Å²) < 4.78 is 26.5. The Bertz CT molecular complexity index is 1150. The highest BCUT2D eigenvalue weighted by atomic mass is 28.4. The quantitative estimate of drug-likeness (QED) is 0.311. The van der Waals surface area contributed by atoms with Gasteiger partial charge in [0.05, 0.1) is 25.4 Å². The van der Waals surface area contributed by atoms with Crippen LogP contribution >= 0.6 is 0 Å². The Hall–Kier alpha value is -1.51. The summed E-state index contributed by atoms with van der Waals surface area (Å²) in [6, 6.07) is 7.86. The molecule has 1 saturated heterocycles. The molecule has 0 aromatic heterocycles. The van der Waals surface area contributed by atoms with Crippen LogP contribution in [0, 0.1) is 22.7 Å². The Kier molecular flexibility index (Phi) is 7.31. The molecule has 3 aliphatic carbocycles. The summed E-state index contributed by atoms with van der Waals surface area (Å²) in [6.45, 7) is 22.2. The van der Waals surface area contributed by atoms with Crippen molar-refractivity contribution in [3.8, 4) is 5.75 Å². The molecule has 4 fully saturated rings. The van der Waals surface area contributed by atoms with Crippen molar-refractivity contribution in [2.45, 2.75) is 122 Å². The Morgan fingerprint density at radius 3 is 2.33 bits per heavy atom. The summed E-state index contributed by atoms with van der Waals surface area (Å²) in [5.41, 5.74) is -0.623. The highest BCUT2D eigenvalue weighted by Crippen LogP contribution is 2.63. The van der Waals surface area contributed by atoms with Crippen LogP contribution in [-0.4, -0.2) is 50.2 Å². The molecule has 4 aliphatic rings. The summed E-state index contributed by atoms with van der Waals surface area (Å²) >= 11 is 0. The smallest absolute Gasteiger partial charge is 0.192 e. The van der Waals surface area contributed by atoms with Gasteiger partial charge in [0.15, 0.2) is 20.4 Å². The third-order valence-corrected chi connectivity index (χ3v) is 16.3. The monoisotopic (exact) mass is 570 g/mol. The standard InChI is InChI=1S/C33H50O6Si/c1-20-11-16-26(39-40(9,10)30(2,3)4)32(7)24(20)19-25(34)33(35)18-17-23(31(33,5)6)27-28(32)38-29(37-27)21-12-14-22(36-8)15-13-21/h12-15,23-24,26-29,35H,1,11,16-19H2,2-10H3/t23?,24-,26+,27-,28+,29?,32+,33?/m1/s1. The second-order valence-corrected chi connectivity index (χ2v) is 19.9. The molecule has 1 N–H and O–H groups in total. The van der Waals surface area contributed by atoms with Crippen molar-refractivity contribution < 1.29 is 28.5 Å². The van der Waals surface area contributed by atoms with Gasteiger partial charge in [-0.05, 0) is 67.8 Å². The lowest BCUT2D eigenvalue weighted by molar-refractivity contribution is -0.156. The van der Waals surface area contributed by atoms with Crippen molar-refractivity contribution in [3.63, 3.8) is 0 Å². The normalized spacial score (nSPS) is 39.6. The van der Waals surface area contributed by atoms with Gasteiger partial charge in [-0.15, -0.1) is 0 Å².